The molecule has 0 saturated carbocycles. The summed E-state index contributed by atoms with van der Waals surface area (Å²) < 4.78 is 0. The Labute approximate surface area is 75.0 Å². The van der Waals surface area contributed by atoms with Crippen molar-refractivity contribution in [1.82, 2.24) is 5.32 Å². The third-order valence-electron chi connectivity index (χ3n) is 2.77. The molecule has 1 aliphatic heterocycles. The van der Waals surface area contributed by atoms with Gasteiger partial charge >= 0.3 is 0 Å². The summed E-state index contributed by atoms with van der Waals surface area (Å²) in [4.78, 5) is 0. The molecule has 0 aromatic rings. The topological polar surface area (TPSA) is 35.8 Å². The predicted octanol–water partition coefficient (Wildman–Crippen LogP) is 1.78. The van der Waals surface area contributed by atoms with Crippen molar-refractivity contribution >= 4 is 0 Å². The summed E-state index contributed by atoms with van der Waals surface area (Å²) in [5.74, 6) is 1.55. The largest absolute Gasteiger partial charge is 0.312 e. The summed E-state index contributed by atoms with van der Waals surface area (Å²) in [5, 5.41) is 12.2. The van der Waals surface area contributed by atoms with Crippen LogP contribution < -0.4 is 5.32 Å². The minimum atomic E-state index is 0.231. The van der Waals surface area contributed by atoms with Crippen molar-refractivity contribution < 1.29 is 0 Å². The molecule has 1 rings (SSSR count). The summed E-state index contributed by atoms with van der Waals surface area (Å²) in [6, 6.07) is 2.94. The zero-order valence-corrected chi connectivity index (χ0v) is 8.17. The molecule has 3 unspecified atom stereocenters. The Morgan fingerprint density at radius 2 is 2.17 bits per heavy atom. The summed E-state index contributed by atoms with van der Waals surface area (Å²) >= 11 is 0. The van der Waals surface area contributed by atoms with Crippen LogP contribution in [0.3, 0.4) is 0 Å². The number of nitrogens with zero attached hydrogens (tertiary/aromatic N) is 1. The van der Waals surface area contributed by atoms with Crippen LogP contribution in [-0.2, 0) is 0 Å². The highest BCUT2D eigenvalue weighted by Gasteiger charge is 2.28. The Bertz CT molecular complexity index is 181. The lowest BCUT2D eigenvalue weighted by Gasteiger charge is -2.35. The highest BCUT2D eigenvalue weighted by molar-refractivity contribution is 4.93. The van der Waals surface area contributed by atoms with Gasteiger partial charge in [-0.1, -0.05) is 20.8 Å². The molecule has 0 aliphatic carbocycles. The molecule has 1 heterocycles. The third-order valence-corrected chi connectivity index (χ3v) is 2.77. The van der Waals surface area contributed by atoms with Crippen LogP contribution in [0.4, 0.5) is 0 Å². The Morgan fingerprint density at radius 3 is 2.58 bits per heavy atom. The van der Waals surface area contributed by atoms with Crippen LogP contribution in [0.1, 0.15) is 27.2 Å². The maximum Gasteiger partial charge on any atom is 0.0669 e. The van der Waals surface area contributed by atoms with Crippen molar-refractivity contribution in [2.45, 2.75) is 33.2 Å². The molecule has 0 spiro atoms. The predicted molar refractivity (Wildman–Crippen MR) is 49.5 cm³/mol. The maximum absolute atomic E-state index is 8.74. The van der Waals surface area contributed by atoms with Crippen molar-refractivity contribution in [3.8, 4) is 6.07 Å². The van der Waals surface area contributed by atoms with E-state index in [2.05, 4.69) is 32.2 Å². The van der Waals surface area contributed by atoms with Crippen molar-refractivity contribution in [2.75, 3.05) is 6.54 Å². The Morgan fingerprint density at radius 1 is 1.50 bits per heavy atom. The summed E-state index contributed by atoms with van der Waals surface area (Å²) in [6.45, 7) is 7.59. The Kier molecular flexibility index (Phi) is 3.11. The fourth-order valence-corrected chi connectivity index (χ4v) is 2.15. The molecule has 3 atom stereocenters. The molecule has 1 fully saturated rings. The van der Waals surface area contributed by atoms with Gasteiger partial charge in [-0.2, -0.15) is 5.26 Å². The number of piperidine rings is 1. The highest BCUT2D eigenvalue weighted by Crippen LogP contribution is 2.24. The maximum atomic E-state index is 8.74. The van der Waals surface area contributed by atoms with Gasteiger partial charge in [-0.15, -0.1) is 0 Å². The molecule has 0 radical (unpaired) electrons. The van der Waals surface area contributed by atoms with Crippen molar-refractivity contribution in [3.05, 3.63) is 0 Å². The minimum absolute atomic E-state index is 0.231. The van der Waals surface area contributed by atoms with Crippen molar-refractivity contribution in [3.63, 3.8) is 0 Å². The van der Waals surface area contributed by atoms with Crippen LogP contribution >= 0.6 is 0 Å². The van der Waals surface area contributed by atoms with E-state index >= 15 is 0 Å². The van der Waals surface area contributed by atoms with Gasteiger partial charge in [0, 0.05) is 12.6 Å². The number of nitriles is 1. The van der Waals surface area contributed by atoms with Gasteiger partial charge < -0.3 is 5.32 Å². The van der Waals surface area contributed by atoms with E-state index in [-0.39, 0.29) is 5.92 Å². The van der Waals surface area contributed by atoms with E-state index in [0.717, 1.165) is 13.0 Å². The molecule has 1 N–H and O–H groups in total. The molecule has 0 bridgehead atoms. The summed E-state index contributed by atoms with van der Waals surface area (Å²) in [6.07, 6.45) is 1.06. The van der Waals surface area contributed by atoms with Crippen LogP contribution in [-0.4, -0.2) is 12.6 Å². The lowest BCUT2D eigenvalue weighted by Crippen LogP contribution is -2.46. The normalized spacial score (nSPS) is 36.4. The standard InChI is InChI=1S/C10H18N2/c1-7(2)10-8(3)4-9(5-11)6-12-10/h7-10,12H,4,6H2,1-3H3. The Balaban J connectivity index is 2.49. The SMILES string of the molecule is CC(C)C1NCC(C#N)CC1C. The van der Waals surface area contributed by atoms with Crippen LogP contribution in [0.5, 0.6) is 0 Å². The van der Waals surface area contributed by atoms with E-state index in [1.54, 1.807) is 0 Å². The van der Waals surface area contributed by atoms with Crippen molar-refractivity contribution in [2.24, 2.45) is 17.8 Å². The molecule has 2 heteroatoms. The molecule has 0 aromatic heterocycles. The van der Waals surface area contributed by atoms with Gasteiger partial charge in [-0.05, 0) is 18.3 Å². The molecule has 1 saturated heterocycles. The van der Waals surface area contributed by atoms with Gasteiger partial charge in [0.25, 0.3) is 0 Å². The van der Waals surface area contributed by atoms with E-state index in [4.69, 9.17) is 5.26 Å². The molecule has 0 amide bonds. The molecular formula is C10H18N2. The first kappa shape index (κ1) is 9.54. The lowest BCUT2D eigenvalue weighted by molar-refractivity contribution is 0.216. The molecule has 68 valence electrons. The van der Waals surface area contributed by atoms with Gasteiger partial charge in [0.15, 0.2) is 0 Å². The monoisotopic (exact) mass is 166 g/mol. The first-order chi connectivity index (χ1) is 5.65. The number of hydrogen-bond acceptors (Lipinski definition) is 2. The van der Waals surface area contributed by atoms with E-state index in [9.17, 15) is 0 Å². The number of rotatable bonds is 1. The van der Waals surface area contributed by atoms with Crippen molar-refractivity contribution in [1.29, 1.82) is 5.26 Å². The van der Waals surface area contributed by atoms with Gasteiger partial charge in [-0.25, -0.2) is 0 Å². The number of nitrogens with one attached hydrogen (secondary N) is 1. The van der Waals surface area contributed by atoms with Crippen LogP contribution in [0.25, 0.3) is 0 Å². The van der Waals surface area contributed by atoms with Gasteiger partial charge in [0.1, 0.15) is 0 Å². The molecule has 1 aliphatic rings. The fourth-order valence-electron chi connectivity index (χ4n) is 2.15. The molecule has 0 aromatic carbocycles. The average Bonchev–Trinajstić information content (AvgIpc) is 2.03. The molecule has 2 nitrogen and oxygen atoms in total. The Hall–Kier alpha value is -0.550. The average molecular weight is 166 g/mol. The van der Waals surface area contributed by atoms with Crippen LogP contribution in [0, 0.1) is 29.1 Å². The van der Waals surface area contributed by atoms with Gasteiger partial charge in [-0.3, -0.25) is 0 Å². The number of hydrogen-bond donors (Lipinski definition) is 1. The first-order valence-corrected chi connectivity index (χ1v) is 4.78. The second kappa shape index (κ2) is 3.91. The van der Waals surface area contributed by atoms with Crippen LogP contribution in [0.15, 0.2) is 0 Å². The smallest absolute Gasteiger partial charge is 0.0669 e. The first-order valence-electron chi connectivity index (χ1n) is 4.78. The molecule has 12 heavy (non-hydrogen) atoms. The summed E-state index contributed by atoms with van der Waals surface area (Å²) in [7, 11) is 0. The van der Waals surface area contributed by atoms with E-state index in [0.29, 0.717) is 17.9 Å². The quantitative estimate of drug-likeness (QED) is 0.644. The highest BCUT2D eigenvalue weighted by atomic mass is 14.9. The zero-order valence-electron chi connectivity index (χ0n) is 8.17. The minimum Gasteiger partial charge on any atom is -0.312 e. The third kappa shape index (κ3) is 1.98. The lowest BCUT2D eigenvalue weighted by atomic mass is 9.81. The fraction of sp³-hybridized carbons (Fsp3) is 0.900. The van der Waals surface area contributed by atoms with E-state index in [1.165, 1.54) is 0 Å². The van der Waals surface area contributed by atoms with E-state index in [1.807, 2.05) is 0 Å². The van der Waals surface area contributed by atoms with E-state index < -0.39 is 0 Å². The summed E-state index contributed by atoms with van der Waals surface area (Å²) in [5.41, 5.74) is 0. The second-order valence-electron chi connectivity index (χ2n) is 4.22. The molecular weight excluding hydrogens is 148 g/mol. The second-order valence-corrected chi connectivity index (χ2v) is 4.22. The van der Waals surface area contributed by atoms with Gasteiger partial charge in [0.05, 0.1) is 12.0 Å². The van der Waals surface area contributed by atoms with Gasteiger partial charge in [0.2, 0.25) is 0 Å². The zero-order chi connectivity index (χ0) is 9.14. The van der Waals surface area contributed by atoms with Crippen LogP contribution in [0.2, 0.25) is 0 Å².